The van der Waals surface area contributed by atoms with E-state index in [9.17, 15) is 4.79 Å². The highest BCUT2D eigenvalue weighted by Crippen LogP contribution is 2.26. The zero-order valence-corrected chi connectivity index (χ0v) is 11.4. The zero-order chi connectivity index (χ0) is 11.4. The molecule has 16 heavy (non-hydrogen) atoms. The van der Waals surface area contributed by atoms with Crippen molar-refractivity contribution in [1.82, 2.24) is 4.90 Å². The minimum atomic E-state index is -0.0269. The van der Waals surface area contributed by atoms with Gasteiger partial charge in [0.15, 0.2) is 0 Å². The number of hydrogen-bond acceptors (Lipinski definition) is 2. The fraction of sp³-hybridized carbons (Fsp3) is 0.917. The van der Waals surface area contributed by atoms with Gasteiger partial charge >= 0.3 is 0 Å². The molecule has 0 bridgehead atoms. The Bertz CT molecular complexity index is 221. The summed E-state index contributed by atoms with van der Waals surface area (Å²) in [6.45, 7) is 4.16. The largest absolute Gasteiger partial charge is 0.343 e. The number of amides is 1. The van der Waals surface area contributed by atoms with Crippen LogP contribution >= 0.6 is 12.4 Å². The fourth-order valence-electron chi connectivity index (χ4n) is 2.38. The topological polar surface area (TPSA) is 46.3 Å². The normalized spacial score (nSPS) is 26.8. The van der Waals surface area contributed by atoms with Crippen molar-refractivity contribution in [3.05, 3.63) is 0 Å². The summed E-state index contributed by atoms with van der Waals surface area (Å²) in [6, 6.07) is 0.418. The molecular weight excluding hydrogens is 224 g/mol. The average Bonchev–Trinajstić information content (AvgIpc) is 2.15. The van der Waals surface area contributed by atoms with Crippen LogP contribution in [0.2, 0.25) is 0 Å². The minimum absolute atomic E-state index is 0. The Morgan fingerprint density at radius 2 is 2.12 bits per heavy atom. The van der Waals surface area contributed by atoms with Crippen molar-refractivity contribution in [2.24, 2.45) is 11.7 Å². The zero-order valence-electron chi connectivity index (χ0n) is 10.6. The molecule has 1 saturated carbocycles. The molecule has 0 heterocycles. The lowest BCUT2D eigenvalue weighted by molar-refractivity contribution is -0.133. The molecule has 0 aromatic carbocycles. The van der Waals surface area contributed by atoms with Gasteiger partial charge in [0, 0.05) is 25.6 Å². The van der Waals surface area contributed by atoms with E-state index in [0.29, 0.717) is 12.5 Å². The van der Waals surface area contributed by atoms with Crippen molar-refractivity contribution in [3.8, 4) is 0 Å². The number of rotatable bonds is 3. The Labute approximate surface area is 105 Å². The maximum atomic E-state index is 11.8. The van der Waals surface area contributed by atoms with Gasteiger partial charge in [0.05, 0.1) is 0 Å². The molecule has 3 atom stereocenters. The highest BCUT2D eigenvalue weighted by atomic mass is 35.5. The summed E-state index contributed by atoms with van der Waals surface area (Å²) < 4.78 is 0. The molecule has 1 fully saturated rings. The molecule has 4 heteroatoms. The van der Waals surface area contributed by atoms with E-state index < -0.39 is 0 Å². The van der Waals surface area contributed by atoms with Gasteiger partial charge in [-0.2, -0.15) is 0 Å². The van der Waals surface area contributed by atoms with Crippen molar-refractivity contribution >= 4 is 18.3 Å². The summed E-state index contributed by atoms with van der Waals surface area (Å²) in [5.41, 5.74) is 5.64. The molecule has 1 amide bonds. The maximum absolute atomic E-state index is 11.8. The van der Waals surface area contributed by atoms with E-state index in [1.807, 2.05) is 18.9 Å². The van der Waals surface area contributed by atoms with E-state index in [0.717, 1.165) is 18.8 Å². The standard InChI is InChI=1S/C12H24N2O.ClH/c1-9-5-4-6-11(7-9)14(3)12(15)8-10(2)13;/h9-11H,4-8,13H2,1-3H3;1H. The van der Waals surface area contributed by atoms with Gasteiger partial charge in [-0.3, -0.25) is 4.79 Å². The summed E-state index contributed by atoms with van der Waals surface area (Å²) in [5.74, 6) is 0.957. The lowest BCUT2D eigenvalue weighted by Crippen LogP contribution is -2.41. The molecule has 96 valence electrons. The Kier molecular flexibility index (Phi) is 7.00. The maximum Gasteiger partial charge on any atom is 0.224 e. The molecule has 1 aliphatic carbocycles. The first-order chi connectivity index (χ1) is 7.00. The van der Waals surface area contributed by atoms with Crippen molar-refractivity contribution < 1.29 is 4.79 Å². The summed E-state index contributed by atoms with van der Waals surface area (Å²) in [5, 5.41) is 0. The minimum Gasteiger partial charge on any atom is -0.343 e. The molecule has 1 rings (SSSR count). The number of carbonyl (C=O) groups excluding carboxylic acids is 1. The molecule has 0 saturated heterocycles. The first-order valence-electron chi connectivity index (χ1n) is 6.02. The summed E-state index contributed by atoms with van der Waals surface area (Å²) in [7, 11) is 1.92. The molecule has 3 unspecified atom stereocenters. The lowest BCUT2D eigenvalue weighted by atomic mass is 9.86. The van der Waals surface area contributed by atoms with Crippen LogP contribution in [0.15, 0.2) is 0 Å². The third-order valence-corrected chi connectivity index (χ3v) is 3.35. The SMILES string of the molecule is CC(N)CC(=O)N(C)C1CCCC(C)C1.Cl. The summed E-state index contributed by atoms with van der Waals surface area (Å²) >= 11 is 0. The van der Waals surface area contributed by atoms with Crippen molar-refractivity contribution in [2.75, 3.05) is 7.05 Å². The van der Waals surface area contributed by atoms with Crippen LogP contribution in [0.5, 0.6) is 0 Å². The van der Waals surface area contributed by atoms with Crippen LogP contribution in [-0.4, -0.2) is 29.9 Å². The summed E-state index contributed by atoms with van der Waals surface area (Å²) in [6.07, 6.45) is 5.35. The third-order valence-electron chi connectivity index (χ3n) is 3.35. The van der Waals surface area contributed by atoms with Gasteiger partial charge in [0.25, 0.3) is 0 Å². The van der Waals surface area contributed by atoms with Gasteiger partial charge in [-0.25, -0.2) is 0 Å². The first-order valence-corrected chi connectivity index (χ1v) is 6.02. The number of carbonyl (C=O) groups is 1. The van der Waals surface area contributed by atoms with Crippen LogP contribution in [0.1, 0.15) is 46.0 Å². The Balaban J connectivity index is 0.00000225. The van der Waals surface area contributed by atoms with Crippen molar-refractivity contribution in [1.29, 1.82) is 0 Å². The fourth-order valence-corrected chi connectivity index (χ4v) is 2.38. The van der Waals surface area contributed by atoms with Crippen LogP contribution in [0.3, 0.4) is 0 Å². The predicted molar refractivity (Wildman–Crippen MR) is 69.7 cm³/mol. The van der Waals surface area contributed by atoms with E-state index in [4.69, 9.17) is 5.73 Å². The monoisotopic (exact) mass is 248 g/mol. The molecule has 0 aliphatic heterocycles. The molecule has 0 spiro atoms. The summed E-state index contributed by atoms with van der Waals surface area (Å²) in [4.78, 5) is 13.7. The number of nitrogens with zero attached hydrogens (tertiary/aromatic N) is 1. The lowest BCUT2D eigenvalue weighted by Gasteiger charge is -2.34. The molecule has 2 N–H and O–H groups in total. The van der Waals surface area contributed by atoms with Crippen LogP contribution < -0.4 is 5.73 Å². The van der Waals surface area contributed by atoms with Gasteiger partial charge in [-0.15, -0.1) is 12.4 Å². The molecule has 3 nitrogen and oxygen atoms in total. The van der Waals surface area contributed by atoms with Crippen molar-refractivity contribution in [2.45, 2.75) is 58.0 Å². The van der Waals surface area contributed by atoms with E-state index >= 15 is 0 Å². The van der Waals surface area contributed by atoms with E-state index in [1.54, 1.807) is 0 Å². The Morgan fingerprint density at radius 3 is 2.62 bits per heavy atom. The second-order valence-electron chi connectivity index (χ2n) is 5.11. The van der Waals surface area contributed by atoms with E-state index in [1.165, 1.54) is 12.8 Å². The highest BCUT2D eigenvalue weighted by molar-refractivity contribution is 5.85. The molecule has 0 radical (unpaired) electrons. The van der Waals surface area contributed by atoms with Gasteiger partial charge in [0.1, 0.15) is 0 Å². The van der Waals surface area contributed by atoms with Crippen LogP contribution in [0.4, 0.5) is 0 Å². The van der Waals surface area contributed by atoms with E-state index in [2.05, 4.69) is 6.92 Å². The van der Waals surface area contributed by atoms with Gasteiger partial charge in [0.2, 0.25) is 5.91 Å². The molecule has 0 aromatic rings. The van der Waals surface area contributed by atoms with E-state index in [-0.39, 0.29) is 24.4 Å². The average molecular weight is 249 g/mol. The second kappa shape index (κ2) is 7.13. The van der Waals surface area contributed by atoms with Gasteiger partial charge in [-0.05, 0) is 25.7 Å². The molecular formula is C12H25ClN2O. The Morgan fingerprint density at radius 1 is 1.50 bits per heavy atom. The van der Waals surface area contributed by atoms with Gasteiger partial charge in [-0.1, -0.05) is 19.8 Å². The number of nitrogens with two attached hydrogens (primary N) is 1. The smallest absolute Gasteiger partial charge is 0.224 e. The highest BCUT2D eigenvalue weighted by Gasteiger charge is 2.25. The van der Waals surface area contributed by atoms with Crippen LogP contribution in [0.25, 0.3) is 0 Å². The third kappa shape index (κ3) is 4.71. The number of hydrogen-bond donors (Lipinski definition) is 1. The van der Waals surface area contributed by atoms with Crippen LogP contribution in [-0.2, 0) is 4.79 Å². The second-order valence-corrected chi connectivity index (χ2v) is 5.11. The first kappa shape index (κ1) is 15.7. The number of halogens is 1. The molecule has 0 aromatic heterocycles. The van der Waals surface area contributed by atoms with Crippen LogP contribution in [0, 0.1) is 5.92 Å². The van der Waals surface area contributed by atoms with Gasteiger partial charge < -0.3 is 10.6 Å². The quantitative estimate of drug-likeness (QED) is 0.832. The Hall–Kier alpha value is -0.280. The molecule has 1 aliphatic rings. The predicted octanol–water partition coefficient (Wildman–Crippen LogP) is 2.18. The van der Waals surface area contributed by atoms with Crippen molar-refractivity contribution in [3.63, 3.8) is 0 Å².